The summed E-state index contributed by atoms with van der Waals surface area (Å²) in [5.41, 5.74) is 3.27. The molecule has 2 amide bonds. The lowest BCUT2D eigenvalue weighted by Crippen LogP contribution is -2.53. The summed E-state index contributed by atoms with van der Waals surface area (Å²) >= 11 is 0. The number of carbonyl (C=O) groups is 2. The zero-order valence-electron chi connectivity index (χ0n) is 22.2. The Morgan fingerprint density at radius 3 is 2.47 bits per heavy atom. The summed E-state index contributed by atoms with van der Waals surface area (Å²) in [6.45, 7) is 11.5. The number of nitrogens with zero attached hydrogens (tertiary/aromatic N) is 3. The highest BCUT2D eigenvalue weighted by molar-refractivity contribution is 6.03. The van der Waals surface area contributed by atoms with Crippen LogP contribution in [0, 0.1) is 5.92 Å². The minimum absolute atomic E-state index is 0.0179. The second-order valence-corrected chi connectivity index (χ2v) is 10.4. The first-order chi connectivity index (χ1) is 17.2. The predicted octanol–water partition coefficient (Wildman–Crippen LogP) is 3.92. The number of ether oxygens (including phenoxy) is 1. The van der Waals surface area contributed by atoms with Crippen LogP contribution in [-0.4, -0.2) is 55.1 Å². The van der Waals surface area contributed by atoms with Crippen molar-refractivity contribution < 1.29 is 14.3 Å². The number of aromatic nitrogens is 1. The third-order valence-electron chi connectivity index (χ3n) is 7.36. The van der Waals surface area contributed by atoms with Gasteiger partial charge in [0, 0.05) is 36.5 Å². The van der Waals surface area contributed by atoms with Crippen LogP contribution in [0.2, 0.25) is 0 Å². The maximum Gasteiger partial charge on any atom is 0.251 e. The highest BCUT2D eigenvalue weighted by Crippen LogP contribution is 2.42. The maximum atomic E-state index is 13.4. The molecule has 2 aliphatic rings. The molecule has 0 spiro atoms. The Balaban J connectivity index is 1.56. The molecule has 2 N–H and O–H groups in total. The standard InChI is InChI=1S/C28H39N5O3/c1-17(2)19(4)29-15-27(34)33-18(3)16-32(23-9-10-23)24-11-7-21(13-25(24)33)28(35)31-20(5)22-8-12-26(36-6)30-14-22/h7-8,11-14,17-20,23,29H,9-10,15-16H2,1-6H3,(H,31,35)/t18?,19-,20?/m0/s1. The fourth-order valence-electron chi connectivity index (χ4n) is 4.62. The van der Waals surface area contributed by atoms with Gasteiger partial charge in [0.15, 0.2) is 0 Å². The summed E-state index contributed by atoms with van der Waals surface area (Å²) in [5, 5.41) is 6.43. The SMILES string of the molecule is COc1ccc(C(C)NC(=O)c2ccc3c(c2)N(C(=O)CN[C@@H](C)C(C)C)C(C)CN3C2CC2)cn1. The molecule has 1 saturated carbocycles. The van der Waals surface area contributed by atoms with Crippen molar-refractivity contribution in [3.63, 3.8) is 0 Å². The van der Waals surface area contributed by atoms with Crippen molar-refractivity contribution in [2.75, 3.05) is 30.0 Å². The smallest absolute Gasteiger partial charge is 0.251 e. The Morgan fingerprint density at radius 1 is 1.11 bits per heavy atom. The van der Waals surface area contributed by atoms with Gasteiger partial charge in [-0.2, -0.15) is 0 Å². The van der Waals surface area contributed by atoms with Gasteiger partial charge in [0.2, 0.25) is 11.8 Å². The first-order valence-electron chi connectivity index (χ1n) is 13.0. The Bertz CT molecular complexity index is 1080. The number of hydrogen-bond acceptors (Lipinski definition) is 6. The molecule has 8 nitrogen and oxygen atoms in total. The van der Waals surface area contributed by atoms with Gasteiger partial charge in [-0.05, 0) is 63.3 Å². The van der Waals surface area contributed by atoms with Crippen molar-refractivity contribution in [1.29, 1.82) is 0 Å². The molecule has 4 rings (SSSR count). The zero-order chi connectivity index (χ0) is 26.0. The molecule has 0 radical (unpaired) electrons. The van der Waals surface area contributed by atoms with E-state index in [0.29, 0.717) is 23.4 Å². The Kier molecular flexibility index (Phi) is 7.83. The monoisotopic (exact) mass is 493 g/mol. The van der Waals surface area contributed by atoms with Crippen molar-refractivity contribution in [3.8, 4) is 5.88 Å². The van der Waals surface area contributed by atoms with E-state index in [1.807, 2.05) is 36.1 Å². The maximum absolute atomic E-state index is 13.4. The van der Waals surface area contributed by atoms with Crippen LogP contribution >= 0.6 is 0 Å². The molecule has 3 atom stereocenters. The highest BCUT2D eigenvalue weighted by Gasteiger charge is 2.39. The van der Waals surface area contributed by atoms with Gasteiger partial charge in [-0.3, -0.25) is 9.59 Å². The second kappa shape index (κ2) is 10.9. The van der Waals surface area contributed by atoms with Gasteiger partial charge in [0.25, 0.3) is 5.91 Å². The molecule has 36 heavy (non-hydrogen) atoms. The minimum Gasteiger partial charge on any atom is -0.481 e. The van der Waals surface area contributed by atoms with Gasteiger partial charge in [0.05, 0.1) is 37.1 Å². The quantitative estimate of drug-likeness (QED) is 0.551. The Morgan fingerprint density at radius 2 is 1.86 bits per heavy atom. The number of methoxy groups -OCH3 is 1. The van der Waals surface area contributed by atoms with Crippen molar-refractivity contribution in [3.05, 3.63) is 47.7 Å². The van der Waals surface area contributed by atoms with Crippen LogP contribution in [0.25, 0.3) is 0 Å². The van der Waals surface area contributed by atoms with E-state index >= 15 is 0 Å². The normalized spacial score (nSPS) is 19.0. The summed E-state index contributed by atoms with van der Waals surface area (Å²) in [6, 6.07) is 9.95. The number of fused-ring (bicyclic) bond motifs is 1. The second-order valence-electron chi connectivity index (χ2n) is 10.4. The highest BCUT2D eigenvalue weighted by atomic mass is 16.5. The molecule has 0 saturated heterocycles. The Labute approximate surface area is 214 Å². The Hall–Kier alpha value is -3.13. The molecule has 8 heteroatoms. The van der Waals surface area contributed by atoms with E-state index in [1.165, 1.54) is 12.8 Å². The number of nitrogens with one attached hydrogen (secondary N) is 2. The average Bonchev–Trinajstić information content (AvgIpc) is 3.71. The van der Waals surface area contributed by atoms with E-state index in [0.717, 1.165) is 23.5 Å². The third-order valence-corrected chi connectivity index (χ3v) is 7.36. The fraction of sp³-hybridized carbons (Fsp3) is 0.536. The van der Waals surface area contributed by atoms with E-state index in [2.05, 4.69) is 48.2 Å². The lowest BCUT2D eigenvalue weighted by molar-refractivity contribution is -0.118. The molecule has 1 aromatic heterocycles. The summed E-state index contributed by atoms with van der Waals surface area (Å²) in [6.07, 6.45) is 4.05. The van der Waals surface area contributed by atoms with Crippen LogP contribution in [-0.2, 0) is 4.79 Å². The van der Waals surface area contributed by atoms with Gasteiger partial charge in [-0.15, -0.1) is 0 Å². The van der Waals surface area contributed by atoms with Crippen molar-refractivity contribution in [2.24, 2.45) is 5.92 Å². The van der Waals surface area contributed by atoms with E-state index in [4.69, 9.17) is 4.74 Å². The summed E-state index contributed by atoms with van der Waals surface area (Å²) in [4.78, 5) is 35.2. The van der Waals surface area contributed by atoms with Crippen molar-refractivity contribution in [1.82, 2.24) is 15.6 Å². The van der Waals surface area contributed by atoms with Gasteiger partial charge >= 0.3 is 0 Å². The van der Waals surface area contributed by atoms with Crippen LogP contribution in [0.4, 0.5) is 11.4 Å². The molecule has 2 heterocycles. The molecule has 1 aliphatic carbocycles. The number of amides is 2. The topological polar surface area (TPSA) is 86.8 Å². The van der Waals surface area contributed by atoms with Crippen molar-refractivity contribution >= 4 is 23.2 Å². The molecule has 1 fully saturated rings. The van der Waals surface area contributed by atoms with E-state index in [1.54, 1.807) is 19.4 Å². The number of benzene rings is 1. The number of rotatable bonds is 9. The molecule has 1 aromatic carbocycles. The van der Waals surface area contributed by atoms with Crippen LogP contribution in [0.5, 0.6) is 5.88 Å². The van der Waals surface area contributed by atoms with Gasteiger partial charge < -0.3 is 25.2 Å². The van der Waals surface area contributed by atoms with E-state index in [9.17, 15) is 9.59 Å². The fourth-order valence-corrected chi connectivity index (χ4v) is 4.62. The van der Waals surface area contributed by atoms with Gasteiger partial charge in [-0.1, -0.05) is 19.9 Å². The minimum atomic E-state index is -0.228. The van der Waals surface area contributed by atoms with Gasteiger partial charge in [-0.25, -0.2) is 4.98 Å². The predicted molar refractivity (Wildman–Crippen MR) is 143 cm³/mol. The largest absolute Gasteiger partial charge is 0.481 e. The first-order valence-corrected chi connectivity index (χ1v) is 13.0. The molecular weight excluding hydrogens is 454 g/mol. The lowest BCUT2D eigenvalue weighted by Gasteiger charge is -2.43. The van der Waals surface area contributed by atoms with E-state index < -0.39 is 0 Å². The number of pyridine rings is 1. The van der Waals surface area contributed by atoms with Crippen LogP contribution in [0.15, 0.2) is 36.5 Å². The summed E-state index contributed by atoms with van der Waals surface area (Å²) in [5.74, 6) is 0.814. The van der Waals surface area contributed by atoms with Crippen LogP contribution in [0.1, 0.15) is 69.4 Å². The zero-order valence-corrected chi connectivity index (χ0v) is 22.2. The van der Waals surface area contributed by atoms with E-state index in [-0.39, 0.29) is 36.5 Å². The number of carbonyl (C=O) groups excluding carboxylic acids is 2. The first kappa shape index (κ1) is 25.9. The lowest BCUT2D eigenvalue weighted by atomic mass is 10.0. The molecule has 0 bridgehead atoms. The van der Waals surface area contributed by atoms with Crippen LogP contribution < -0.4 is 25.2 Å². The summed E-state index contributed by atoms with van der Waals surface area (Å²) < 4.78 is 5.12. The van der Waals surface area contributed by atoms with Crippen LogP contribution in [0.3, 0.4) is 0 Å². The summed E-state index contributed by atoms with van der Waals surface area (Å²) in [7, 11) is 1.57. The van der Waals surface area contributed by atoms with Gasteiger partial charge in [0.1, 0.15) is 0 Å². The molecule has 2 aromatic rings. The number of anilines is 2. The molecular formula is C28H39N5O3. The molecule has 2 unspecified atom stereocenters. The number of hydrogen-bond donors (Lipinski definition) is 2. The van der Waals surface area contributed by atoms with Crippen molar-refractivity contribution in [2.45, 2.75) is 71.6 Å². The molecule has 194 valence electrons. The third kappa shape index (κ3) is 5.64. The molecule has 1 aliphatic heterocycles. The average molecular weight is 494 g/mol.